The summed E-state index contributed by atoms with van der Waals surface area (Å²) < 4.78 is 1.73. The molecule has 1 aromatic carbocycles. The summed E-state index contributed by atoms with van der Waals surface area (Å²) in [5.41, 5.74) is 7.64. The largest absolute Gasteiger partial charge is 0.325 e. The minimum absolute atomic E-state index is 0.151. The average molecular weight is 305 g/mol. The zero-order chi connectivity index (χ0) is 15.1. The van der Waals surface area contributed by atoms with Crippen molar-refractivity contribution in [2.75, 3.05) is 17.3 Å². The molecule has 6 nitrogen and oxygen atoms in total. The molecule has 21 heavy (non-hydrogen) atoms. The lowest BCUT2D eigenvalue weighted by Gasteiger charge is -2.12. The van der Waals surface area contributed by atoms with E-state index in [1.165, 1.54) is 6.33 Å². The maximum atomic E-state index is 12.0. The van der Waals surface area contributed by atoms with Crippen molar-refractivity contribution in [3.8, 4) is 0 Å². The Morgan fingerprint density at radius 2 is 2.38 bits per heavy atom. The second-order valence-corrected chi connectivity index (χ2v) is 5.66. The van der Waals surface area contributed by atoms with Crippen molar-refractivity contribution in [3.05, 3.63) is 42.5 Å². The summed E-state index contributed by atoms with van der Waals surface area (Å²) in [6, 6.07) is 7.17. The first-order valence-electron chi connectivity index (χ1n) is 6.66. The molecule has 0 radical (unpaired) electrons. The number of anilines is 1. The van der Waals surface area contributed by atoms with Crippen LogP contribution in [0.2, 0.25) is 0 Å². The van der Waals surface area contributed by atoms with E-state index in [1.807, 2.05) is 30.5 Å². The Kier molecular flexibility index (Phi) is 5.77. The van der Waals surface area contributed by atoms with E-state index in [4.69, 9.17) is 5.73 Å². The highest BCUT2D eigenvalue weighted by molar-refractivity contribution is 7.98. The van der Waals surface area contributed by atoms with Gasteiger partial charge in [-0.3, -0.25) is 4.79 Å². The second kappa shape index (κ2) is 7.80. The van der Waals surface area contributed by atoms with Crippen LogP contribution in [0.15, 0.2) is 36.9 Å². The Labute approximate surface area is 128 Å². The molecule has 0 aliphatic rings. The van der Waals surface area contributed by atoms with Crippen LogP contribution in [0.4, 0.5) is 5.69 Å². The van der Waals surface area contributed by atoms with Gasteiger partial charge in [-0.25, -0.2) is 9.67 Å². The third kappa shape index (κ3) is 4.87. The van der Waals surface area contributed by atoms with Crippen LogP contribution in [0, 0.1) is 0 Å². The van der Waals surface area contributed by atoms with Gasteiger partial charge in [-0.05, 0) is 36.1 Å². The Morgan fingerprint density at radius 3 is 3.10 bits per heavy atom. The molecular weight excluding hydrogens is 286 g/mol. The van der Waals surface area contributed by atoms with Crippen LogP contribution in [0.1, 0.15) is 12.0 Å². The normalized spacial score (nSPS) is 12.1. The van der Waals surface area contributed by atoms with Gasteiger partial charge in [0.15, 0.2) is 0 Å². The van der Waals surface area contributed by atoms with Gasteiger partial charge < -0.3 is 11.1 Å². The summed E-state index contributed by atoms with van der Waals surface area (Å²) in [4.78, 5) is 15.9. The first-order chi connectivity index (χ1) is 10.2. The van der Waals surface area contributed by atoms with Crippen molar-refractivity contribution in [2.45, 2.75) is 19.0 Å². The molecule has 0 saturated carbocycles. The molecule has 7 heteroatoms. The molecule has 1 atom stereocenters. The molecule has 0 aliphatic carbocycles. The number of carbonyl (C=O) groups excluding carboxylic acids is 1. The molecular formula is C14H19N5OS. The maximum absolute atomic E-state index is 12.0. The summed E-state index contributed by atoms with van der Waals surface area (Å²) in [6.45, 7) is 0.613. The number of aromatic nitrogens is 3. The minimum Gasteiger partial charge on any atom is -0.325 e. The maximum Gasteiger partial charge on any atom is 0.241 e. The van der Waals surface area contributed by atoms with E-state index in [0.29, 0.717) is 13.0 Å². The van der Waals surface area contributed by atoms with Crippen LogP contribution in [-0.4, -0.2) is 38.7 Å². The van der Waals surface area contributed by atoms with E-state index < -0.39 is 6.04 Å². The molecule has 0 fully saturated rings. The molecule has 0 aliphatic heterocycles. The fourth-order valence-electron chi connectivity index (χ4n) is 1.86. The number of rotatable bonds is 7. The molecule has 1 amide bonds. The van der Waals surface area contributed by atoms with Crippen molar-refractivity contribution in [2.24, 2.45) is 5.73 Å². The second-order valence-electron chi connectivity index (χ2n) is 4.67. The molecule has 2 rings (SSSR count). The lowest BCUT2D eigenvalue weighted by Crippen LogP contribution is -2.36. The van der Waals surface area contributed by atoms with Crippen LogP contribution in [0.3, 0.4) is 0 Å². The van der Waals surface area contributed by atoms with Crippen molar-refractivity contribution < 1.29 is 4.79 Å². The van der Waals surface area contributed by atoms with Gasteiger partial charge in [0, 0.05) is 5.69 Å². The van der Waals surface area contributed by atoms with Gasteiger partial charge in [-0.2, -0.15) is 16.9 Å². The van der Waals surface area contributed by atoms with Gasteiger partial charge in [-0.1, -0.05) is 12.1 Å². The summed E-state index contributed by atoms with van der Waals surface area (Å²) in [5.74, 6) is 0.725. The molecule has 3 N–H and O–H groups in total. The SMILES string of the molecule is CSCC[C@@H](N)C(=O)Nc1cccc(Cn2cncn2)c1. The van der Waals surface area contributed by atoms with E-state index in [2.05, 4.69) is 15.4 Å². The van der Waals surface area contributed by atoms with Gasteiger partial charge in [0.1, 0.15) is 12.7 Å². The standard InChI is InChI=1S/C14H19N5OS/c1-21-6-5-13(15)14(20)18-12-4-2-3-11(7-12)8-19-10-16-9-17-19/h2-4,7,9-10,13H,5-6,8,15H2,1H3,(H,18,20)/t13-/m1/s1. The smallest absolute Gasteiger partial charge is 0.241 e. The number of amides is 1. The third-order valence-electron chi connectivity index (χ3n) is 2.98. The number of benzene rings is 1. The fraction of sp³-hybridized carbons (Fsp3) is 0.357. The number of nitrogens with one attached hydrogen (secondary N) is 1. The van der Waals surface area contributed by atoms with Crippen LogP contribution >= 0.6 is 11.8 Å². The van der Waals surface area contributed by atoms with Crippen LogP contribution in [0.5, 0.6) is 0 Å². The van der Waals surface area contributed by atoms with Crippen molar-refractivity contribution in [1.29, 1.82) is 0 Å². The highest BCUT2D eigenvalue weighted by atomic mass is 32.2. The van der Waals surface area contributed by atoms with E-state index in [-0.39, 0.29) is 5.91 Å². The number of nitrogens with zero attached hydrogens (tertiary/aromatic N) is 3. The number of hydrogen-bond acceptors (Lipinski definition) is 5. The number of thioether (sulfide) groups is 1. The molecule has 0 spiro atoms. The Balaban J connectivity index is 1.96. The first kappa shape index (κ1) is 15.5. The van der Waals surface area contributed by atoms with E-state index in [0.717, 1.165) is 17.0 Å². The molecule has 0 unspecified atom stereocenters. The molecule has 1 heterocycles. The highest BCUT2D eigenvalue weighted by Gasteiger charge is 2.13. The molecule has 112 valence electrons. The molecule has 1 aromatic heterocycles. The molecule has 0 bridgehead atoms. The topological polar surface area (TPSA) is 85.8 Å². The number of nitrogens with two attached hydrogens (primary N) is 1. The van der Waals surface area contributed by atoms with Gasteiger partial charge in [-0.15, -0.1) is 0 Å². The summed E-state index contributed by atoms with van der Waals surface area (Å²) in [6.07, 6.45) is 5.82. The van der Waals surface area contributed by atoms with Crippen LogP contribution < -0.4 is 11.1 Å². The number of carbonyl (C=O) groups is 1. The zero-order valence-corrected chi connectivity index (χ0v) is 12.7. The van der Waals surface area contributed by atoms with Gasteiger partial charge in [0.2, 0.25) is 5.91 Å². The Hall–Kier alpha value is -1.86. The molecule has 0 saturated heterocycles. The van der Waals surface area contributed by atoms with Crippen molar-refractivity contribution in [3.63, 3.8) is 0 Å². The van der Waals surface area contributed by atoms with E-state index in [9.17, 15) is 4.79 Å². The summed E-state index contributed by atoms with van der Waals surface area (Å²) in [7, 11) is 0. The molecule has 2 aromatic rings. The lowest BCUT2D eigenvalue weighted by atomic mass is 10.2. The predicted octanol–water partition coefficient (Wildman–Crippen LogP) is 1.35. The lowest BCUT2D eigenvalue weighted by molar-refractivity contribution is -0.117. The first-order valence-corrected chi connectivity index (χ1v) is 8.05. The minimum atomic E-state index is -0.476. The third-order valence-corrected chi connectivity index (χ3v) is 3.62. The summed E-state index contributed by atoms with van der Waals surface area (Å²) >= 11 is 1.68. The number of hydrogen-bond donors (Lipinski definition) is 2. The van der Waals surface area contributed by atoms with E-state index >= 15 is 0 Å². The average Bonchev–Trinajstić information content (AvgIpc) is 2.98. The fourth-order valence-corrected chi connectivity index (χ4v) is 2.35. The predicted molar refractivity (Wildman–Crippen MR) is 85.2 cm³/mol. The van der Waals surface area contributed by atoms with E-state index in [1.54, 1.807) is 22.8 Å². The Morgan fingerprint density at radius 1 is 1.52 bits per heavy atom. The highest BCUT2D eigenvalue weighted by Crippen LogP contribution is 2.12. The zero-order valence-electron chi connectivity index (χ0n) is 11.9. The van der Waals surface area contributed by atoms with Gasteiger partial charge in [0.05, 0.1) is 12.6 Å². The summed E-state index contributed by atoms with van der Waals surface area (Å²) in [5, 5.41) is 6.91. The van der Waals surface area contributed by atoms with Crippen LogP contribution in [-0.2, 0) is 11.3 Å². The van der Waals surface area contributed by atoms with Gasteiger partial charge in [0.25, 0.3) is 0 Å². The van der Waals surface area contributed by atoms with Gasteiger partial charge >= 0.3 is 0 Å². The quantitative estimate of drug-likeness (QED) is 0.806. The van der Waals surface area contributed by atoms with Crippen LogP contribution in [0.25, 0.3) is 0 Å². The monoisotopic (exact) mass is 305 g/mol. The Bertz CT molecular complexity index is 573. The van der Waals surface area contributed by atoms with Crippen molar-refractivity contribution >= 4 is 23.4 Å². The van der Waals surface area contributed by atoms with Crippen molar-refractivity contribution in [1.82, 2.24) is 14.8 Å².